The van der Waals surface area contributed by atoms with Crippen LogP contribution in [-0.4, -0.2) is 4.98 Å². The predicted molar refractivity (Wildman–Crippen MR) is 73.4 cm³/mol. The Morgan fingerprint density at radius 1 is 1.11 bits per heavy atom. The average molecular weight is 256 g/mol. The van der Waals surface area contributed by atoms with E-state index in [0.717, 1.165) is 16.6 Å². The molecule has 0 aliphatic heterocycles. The lowest BCUT2D eigenvalue weighted by Crippen LogP contribution is -1.97. The lowest BCUT2D eigenvalue weighted by Gasteiger charge is -2.05. The molecule has 0 aliphatic carbocycles. The van der Waals surface area contributed by atoms with Gasteiger partial charge in [0, 0.05) is 16.6 Å². The molecule has 96 valence electrons. The van der Waals surface area contributed by atoms with Gasteiger partial charge in [-0.25, -0.2) is 4.39 Å². The molecule has 0 radical (unpaired) electrons. The van der Waals surface area contributed by atoms with Crippen LogP contribution in [-0.2, 0) is 6.61 Å². The number of hydrogen-bond acceptors (Lipinski definition) is 2. The van der Waals surface area contributed by atoms with E-state index in [1.165, 1.54) is 6.07 Å². The minimum absolute atomic E-state index is 0.245. The molecule has 0 amide bonds. The molecule has 0 aliphatic rings. The highest BCUT2D eigenvalue weighted by Crippen LogP contribution is 2.23. The van der Waals surface area contributed by atoms with Crippen LogP contribution < -0.4 is 10.5 Å². The van der Waals surface area contributed by atoms with Crippen LogP contribution in [0, 0.1) is 5.82 Å². The summed E-state index contributed by atoms with van der Waals surface area (Å²) in [7, 11) is 0. The number of anilines is 1. The van der Waals surface area contributed by atoms with E-state index >= 15 is 0 Å². The Morgan fingerprint density at radius 3 is 2.74 bits per heavy atom. The van der Waals surface area contributed by atoms with E-state index in [4.69, 9.17) is 10.5 Å². The zero-order chi connectivity index (χ0) is 13.2. The molecule has 0 saturated heterocycles. The van der Waals surface area contributed by atoms with Crippen LogP contribution in [0.3, 0.4) is 0 Å². The molecule has 0 fully saturated rings. The molecule has 3 aromatic rings. The van der Waals surface area contributed by atoms with E-state index in [1.54, 1.807) is 18.2 Å². The fourth-order valence-electron chi connectivity index (χ4n) is 2.03. The molecule has 3 rings (SSSR count). The van der Waals surface area contributed by atoms with Gasteiger partial charge in [0.15, 0.2) is 11.6 Å². The number of H-pyrrole nitrogens is 1. The summed E-state index contributed by atoms with van der Waals surface area (Å²) in [4.78, 5) is 3.20. The summed E-state index contributed by atoms with van der Waals surface area (Å²) in [5, 5.41) is 0.953. The summed E-state index contributed by atoms with van der Waals surface area (Å²) in [6.07, 6.45) is 0. The van der Waals surface area contributed by atoms with E-state index in [9.17, 15) is 4.39 Å². The normalized spacial score (nSPS) is 10.8. The highest BCUT2D eigenvalue weighted by Gasteiger charge is 2.06. The van der Waals surface area contributed by atoms with Crippen LogP contribution >= 0.6 is 0 Å². The average Bonchev–Trinajstić information content (AvgIpc) is 2.82. The van der Waals surface area contributed by atoms with Crippen molar-refractivity contribution >= 4 is 16.6 Å². The van der Waals surface area contributed by atoms with Crippen molar-refractivity contribution in [3.63, 3.8) is 0 Å². The van der Waals surface area contributed by atoms with Crippen molar-refractivity contribution in [2.75, 3.05) is 5.73 Å². The van der Waals surface area contributed by atoms with Crippen LogP contribution in [0.25, 0.3) is 10.9 Å². The third-order valence-corrected chi connectivity index (χ3v) is 2.97. The van der Waals surface area contributed by atoms with Crippen molar-refractivity contribution in [3.8, 4) is 5.75 Å². The quantitative estimate of drug-likeness (QED) is 0.705. The molecule has 0 bridgehead atoms. The highest BCUT2D eigenvalue weighted by atomic mass is 19.1. The van der Waals surface area contributed by atoms with Gasteiger partial charge in [-0.15, -0.1) is 0 Å². The van der Waals surface area contributed by atoms with E-state index in [2.05, 4.69) is 4.98 Å². The van der Waals surface area contributed by atoms with Gasteiger partial charge in [0.25, 0.3) is 0 Å². The summed E-state index contributed by atoms with van der Waals surface area (Å²) in [5.41, 5.74) is 8.40. The first-order chi connectivity index (χ1) is 9.24. The number of aromatic amines is 1. The van der Waals surface area contributed by atoms with Gasteiger partial charge in [-0.2, -0.15) is 0 Å². The van der Waals surface area contributed by atoms with Gasteiger partial charge in [0.05, 0.1) is 5.69 Å². The number of rotatable bonds is 3. The monoisotopic (exact) mass is 256 g/mol. The van der Waals surface area contributed by atoms with Crippen LogP contribution in [0.15, 0.2) is 48.5 Å². The summed E-state index contributed by atoms with van der Waals surface area (Å²) in [6, 6.07) is 13.9. The topological polar surface area (TPSA) is 51.0 Å². The molecule has 2 aromatic carbocycles. The minimum Gasteiger partial charge on any atom is -0.484 e. The fourth-order valence-corrected chi connectivity index (χ4v) is 2.03. The van der Waals surface area contributed by atoms with Gasteiger partial charge in [0.1, 0.15) is 6.61 Å². The Labute approximate surface area is 109 Å². The van der Waals surface area contributed by atoms with Crippen LogP contribution in [0.5, 0.6) is 5.75 Å². The van der Waals surface area contributed by atoms with E-state index in [0.29, 0.717) is 5.69 Å². The molecule has 4 heteroatoms. The first-order valence-electron chi connectivity index (χ1n) is 5.97. The second kappa shape index (κ2) is 4.65. The molecule has 0 spiro atoms. The van der Waals surface area contributed by atoms with Crippen LogP contribution in [0.2, 0.25) is 0 Å². The molecular formula is C15H13FN2O. The highest BCUT2D eigenvalue weighted by molar-refractivity contribution is 5.91. The maximum absolute atomic E-state index is 13.4. The molecule has 19 heavy (non-hydrogen) atoms. The number of para-hydroxylation sites is 1. The maximum atomic E-state index is 13.4. The Kier molecular flexibility index (Phi) is 2.83. The van der Waals surface area contributed by atoms with Gasteiger partial charge in [-0.1, -0.05) is 18.2 Å². The number of halogens is 1. The first-order valence-corrected chi connectivity index (χ1v) is 5.97. The van der Waals surface area contributed by atoms with Gasteiger partial charge in [-0.3, -0.25) is 0 Å². The number of ether oxygens (including phenoxy) is 1. The number of nitrogen functional groups attached to an aromatic ring is 1. The van der Waals surface area contributed by atoms with Crippen molar-refractivity contribution in [1.29, 1.82) is 0 Å². The number of nitrogens with two attached hydrogens (primary N) is 1. The van der Waals surface area contributed by atoms with E-state index in [-0.39, 0.29) is 18.2 Å². The Bertz CT molecular complexity index is 721. The summed E-state index contributed by atoms with van der Waals surface area (Å²) in [5.74, 6) is -0.118. The zero-order valence-corrected chi connectivity index (χ0v) is 10.2. The maximum Gasteiger partial charge on any atom is 0.165 e. The Hall–Kier alpha value is -2.49. The van der Waals surface area contributed by atoms with E-state index < -0.39 is 0 Å². The molecular weight excluding hydrogens is 243 g/mol. The van der Waals surface area contributed by atoms with Crippen molar-refractivity contribution in [3.05, 3.63) is 60.0 Å². The first kappa shape index (κ1) is 11.6. The molecule has 3 nitrogen and oxygen atoms in total. The lowest BCUT2D eigenvalue weighted by atomic mass is 10.2. The Balaban J connectivity index is 1.83. The largest absolute Gasteiger partial charge is 0.484 e. The number of hydrogen-bond donors (Lipinski definition) is 2. The smallest absolute Gasteiger partial charge is 0.165 e. The fraction of sp³-hybridized carbons (Fsp3) is 0.0667. The van der Waals surface area contributed by atoms with Gasteiger partial charge < -0.3 is 15.5 Å². The summed E-state index contributed by atoms with van der Waals surface area (Å²) >= 11 is 0. The lowest BCUT2D eigenvalue weighted by molar-refractivity contribution is 0.287. The SMILES string of the molecule is Nc1cccc2[nH]c(COc3ccccc3F)cc12. The second-order valence-electron chi connectivity index (χ2n) is 4.32. The third kappa shape index (κ3) is 2.25. The van der Waals surface area contributed by atoms with Crippen molar-refractivity contribution in [1.82, 2.24) is 4.98 Å². The van der Waals surface area contributed by atoms with Gasteiger partial charge in [-0.05, 0) is 30.3 Å². The third-order valence-electron chi connectivity index (χ3n) is 2.97. The Morgan fingerprint density at radius 2 is 1.95 bits per heavy atom. The molecule has 1 heterocycles. The van der Waals surface area contributed by atoms with Crippen LogP contribution in [0.1, 0.15) is 5.69 Å². The standard InChI is InChI=1S/C15H13FN2O/c16-12-4-1-2-7-15(12)19-9-10-8-11-13(17)5-3-6-14(11)18-10/h1-8,18H,9,17H2. The van der Waals surface area contributed by atoms with Crippen molar-refractivity contribution < 1.29 is 9.13 Å². The molecule has 0 unspecified atom stereocenters. The number of aromatic nitrogens is 1. The summed E-state index contributed by atoms with van der Waals surface area (Å²) in [6.45, 7) is 0.273. The van der Waals surface area contributed by atoms with Crippen LogP contribution in [0.4, 0.5) is 10.1 Å². The minimum atomic E-state index is -0.363. The predicted octanol–water partition coefficient (Wildman–Crippen LogP) is 3.47. The summed E-state index contributed by atoms with van der Waals surface area (Å²) < 4.78 is 18.9. The molecule has 3 N–H and O–H groups in total. The molecule has 0 saturated carbocycles. The molecule has 0 atom stereocenters. The zero-order valence-electron chi connectivity index (χ0n) is 10.2. The van der Waals surface area contributed by atoms with Gasteiger partial charge in [0.2, 0.25) is 0 Å². The number of fused-ring (bicyclic) bond motifs is 1. The van der Waals surface area contributed by atoms with E-state index in [1.807, 2.05) is 24.3 Å². The number of nitrogens with one attached hydrogen (secondary N) is 1. The number of benzene rings is 2. The molecule has 1 aromatic heterocycles. The van der Waals surface area contributed by atoms with Crippen molar-refractivity contribution in [2.24, 2.45) is 0 Å². The van der Waals surface area contributed by atoms with Crippen molar-refractivity contribution in [2.45, 2.75) is 6.61 Å². The second-order valence-corrected chi connectivity index (χ2v) is 4.32. The van der Waals surface area contributed by atoms with Gasteiger partial charge >= 0.3 is 0 Å².